The molecule has 0 saturated heterocycles. The van der Waals surface area contributed by atoms with E-state index in [4.69, 9.17) is 26.3 Å². The van der Waals surface area contributed by atoms with E-state index in [2.05, 4.69) is 6.07 Å². The molecular weight excluding hydrogens is 269 g/mol. The van der Waals surface area contributed by atoms with Crippen molar-refractivity contribution in [1.82, 2.24) is 0 Å². The molecule has 1 radical (unpaired) electrons. The fourth-order valence-electron chi connectivity index (χ4n) is 1.46. The molecule has 2 rings (SSSR count). The molecular formula is C14H8ClFNO2. The number of nitriles is 1. The van der Waals surface area contributed by atoms with Crippen molar-refractivity contribution >= 4 is 11.6 Å². The average molecular weight is 277 g/mol. The summed E-state index contributed by atoms with van der Waals surface area (Å²) in [6, 6.07) is 11.7. The topological polar surface area (TPSA) is 42.2 Å². The Balaban J connectivity index is 2.41. The number of benzene rings is 2. The van der Waals surface area contributed by atoms with E-state index in [9.17, 15) is 4.39 Å². The number of methoxy groups -OCH3 is 1. The molecule has 0 aliphatic rings. The van der Waals surface area contributed by atoms with Crippen LogP contribution in [0.15, 0.2) is 30.3 Å². The van der Waals surface area contributed by atoms with Crippen molar-refractivity contribution in [3.05, 3.63) is 52.8 Å². The minimum Gasteiger partial charge on any atom is -0.497 e. The molecule has 0 N–H and O–H groups in total. The summed E-state index contributed by atoms with van der Waals surface area (Å²) in [6.45, 7) is 0. The Hall–Kier alpha value is -2.25. The number of halogens is 2. The van der Waals surface area contributed by atoms with Crippen LogP contribution in [-0.2, 0) is 0 Å². The van der Waals surface area contributed by atoms with Gasteiger partial charge in [-0.25, -0.2) is 4.39 Å². The van der Waals surface area contributed by atoms with Gasteiger partial charge in [0, 0.05) is 12.1 Å². The van der Waals surface area contributed by atoms with Crippen molar-refractivity contribution in [3.8, 4) is 23.3 Å². The van der Waals surface area contributed by atoms with Crippen LogP contribution in [0, 0.1) is 23.2 Å². The molecule has 95 valence electrons. The van der Waals surface area contributed by atoms with E-state index in [1.807, 2.05) is 6.07 Å². The summed E-state index contributed by atoms with van der Waals surface area (Å²) in [7, 11) is 1.46. The van der Waals surface area contributed by atoms with Gasteiger partial charge in [0.05, 0.1) is 23.8 Å². The van der Waals surface area contributed by atoms with E-state index in [1.165, 1.54) is 31.4 Å². The van der Waals surface area contributed by atoms with Gasteiger partial charge in [0.15, 0.2) is 11.6 Å². The summed E-state index contributed by atoms with van der Waals surface area (Å²) in [5, 5.41) is 9.01. The third kappa shape index (κ3) is 2.95. The first-order valence-corrected chi connectivity index (χ1v) is 5.64. The monoisotopic (exact) mass is 276 g/mol. The molecule has 3 nitrogen and oxygen atoms in total. The second kappa shape index (κ2) is 5.59. The highest BCUT2D eigenvalue weighted by Gasteiger charge is 2.11. The summed E-state index contributed by atoms with van der Waals surface area (Å²) in [6.07, 6.45) is 0. The van der Waals surface area contributed by atoms with Crippen molar-refractivity contribution in [1.29, 1.82) is 5.26 Å². The van der Waals surface area contributed by atoms with Crippen molar-refractivity contribution < 1.29 is 13.9 Å². The molecule has 0 amide bonds. The van der Waals surface area contributed by atoms with Crippen molar-refractivity contribution in [2.24, 2.45) is 0 Å². The van der Waals surface area contributed by atoms with Gasteiger partial charge in [-0.1, -0.05) is 11.6 Å². The molecule has 0 heterocycles. The highest BCUT2D eigenvalue weighted by atomic mass is 35.5. The number of rotatable bonds is 3. The maximum atomic E-state index is 13.5. The maximum absolute atomic E-state index is 13.5. The van der Waals surface area contributed by atoms with Gasteiger partial charge in [0.1, 0.15) is 11.5 Å². The number of hydrogen-bond acceptors (Lipinski definition) is 3. The molecule has 0 unspecified atom stereocenters. The highest BCUT2D eigenvalue weighted by molar-refractivity contribution is 6.32. The quantitative estimate of drug-likeness (QED) is 0.852. The van der Waals surface area contributed by atoms with Crippen LogP contribution in [0.1, 0.15) is 5.56 Å². The zero-order valence-electron chi connectivity index (χ0n) is 9.91. The van der Waals surface area contributed by atoms with Gasteiger partial charge in [-0.2, -0.15) is 5.26 Å². The van der Waals surface area contributed by atoms with Crippen LogP contribution in [0.4, 0.5) is 4.39 Å². The third-order valence-corrected chi connectivity index (χ3v) is 2.62. The second-order valence-corrected chi connectivity index (χ2v) is 3.99. The lowest BCUT2D eigenvalue weighted by Gasteiger charge is -2.10. The van der Waals surface area contributed by atoms with E-state index < -0.39 is 5.82 Å². The predicted molar refractivity (Wildman–Crippen MR) is 68.0 cm³/mol. The maximum Gasteiger partial charge on any atom is 0.182 e. The summed E-state index contributed by atoms with van der Waals surface area (Å²) < 4.78 is 23.9. The van der Waals surface area contributed by atoms with E-state index >= 15 is 0 Å². The van der Waals surface area contributed by atoms with Crippen LogP contribution in [-0.4, -0.2) is 7.11 Å². The van der Waals surface area contributed by atoms with Gasteiger partial charge in [-0.05, 0) is 24.3 Å². The van der Waals surface area contributed by atoms with Crippen LogP contribution in [0.2, 0.25) is 5.02 Å². The van der Waals surface area contributed by atoms with Gasteiger partial charge < -0.3 is 9.47 Å². The first kappa shape index (κ1) is 13.2. The number of ether oxygens (including phenoxy) is 2. The molecule has 0 aliphatic heterocycles. The minimum absolute atomic E-state index is 0.123. The molecule has 0 saturated carbocycles. The first-order valence-electron chi connectivity index (χ1n) is 5.26. The molecule has 5 heteroatoms. The number of nitrogens with zero attached hydrogens (tertiary/aromatic N) is 1. The molecule has 0 spiro atoms. The summed E-state index contributed by atoms with van der Waals surface area (Å²) in [4.78, 5) is 0. The van der Waals surface area contributed by atoms with Crippen LogP contribution in [0.5, 0.6) is 17.2 Å². The van der Waals surface area contributed by atoms with Crippen molar-refractivity contribution in [3.63, 3.8) is 0 Å². The minimum atomic E-state index is -0.700. The lowest BCUT2D eigenvalue weighted by Crippen LogP contribution is -1.92. The fraction of sp³-hybridized carbons (Fsp3) is 0.0714. The van der Waals surface area contributed by atoms with Crippen molar-refractivity contribution in [2.75, 3.05) is 7.11 Å². The van der Waals surface area contributed by atoms with Gasteiger partial charge in [-0.15, -0.1) is 0 Å². The van der Waals surface area contributed by atoms with E-state index in [0.29, 0.717) is 11.3 Å². The zero-order valence-corrected chi connectivity index (χ0v) is 10.7. The van der Waals surface area contributed by atoms with E-state index in [1.54, 1.807) is 6.07 Å². The largest absolute Gasteiger partial charge is 0.497 e. The van der Waals surface area contributed by atoms with Gasteiger partial charge in [0.2, 0.25) is 0 Å². The van der Waals surface area contributed by atoms with Gasteiger partial charge in [-0.3, -0.25) is 0 Å². The summed E-state index contributed by atoms with van der Waals surface area (Å²) in [5.41, 5.74) is 0.339. The smallest absolute Gasteiger partial charge is 0.182 e. The molecule has 19 heavy (non-hydrogen) atoms. The Kier molecular flexibility index (Phi) is 3.88. The molecule has 0 fully saturated rings. The van der Waals surface area contributed by atoms with E-state index in [-0.39, 0.29) is 16.5 Å². The SMILES string of the molecule is COc1cc(C#N)cc(Oc2c(F)[c]ccc2Cl)c1. The standard InChI is InChI=1S/C14H8ClFNO2/c1-18-10-5-9(8-17)6-11(7-10)19-14-12(15)3-2-4-13(14)16/h2-3,5-7H,1H3. The molecule has 0 bridgehead atoms. The fourth-order valence-corrected chi connectivity index (χ4v) is 1.64. The normalized spacial score (nSPS) is 9.79. The number of hydrogen-bond donors (Lipinski definition) is 0. The lowest BCUT2D eigenvalue weighted by molar-refractivity contribution is 0.405. The Morgan fingerprint density at radius 2 is 2.05 bits per heavy atom. The molecule has 2 aromatic carbocycles. The molecule has 0 aliphatic carbocycles. The van der Waals surface area contributed by atoms with Crippen LogP contribution in [0.3, 0.4) is 0 Å². The van der Waals surface area contributed by atoms with Gasteiger partial charge >= 0.3 is 0 Å². The van der Waals surface area contributed by atoms with E-state index in [0.717, 1.165) is 0 Å². The Morgan fingerprint density at radius 1 is 1.32 bits per heavy atom. The first-order chi connectivity index (χ1) is 9.13. The summed E-state index contributed by atoms with van der Waals surface area (Å²) in [5.74, 6) is -0.142. The summed E-state index contributed by atoms with van der Waals surface area (Å²) >= 11 is 5.85. The van der Waals surface area contributed by atoms with Crippen molar-refractivity contribution in [2.45, 2.75) is 0 Å². The predicted octanol–water partition coefficient (Wildman–Crippen LogP) is 3.95. The zero-order chi connectivity index (χ0) is 13.8. The molecule has 2 aromatic rings. The molecule has 0 aromatic heterocycles. The molecule has 0 atom stereocenters. The van der Waals surface area contributed by atoms with Gasteiger partial charge in [0.25, 0.3) is 0 Å². The van der Waals surface area contributed by atoms with Crippen LogP contribution in [0.25, 0.3) is 0 Å². The highest BCUT2D eigenvalue weighted by Crippen LogP contribution is 2.33. The van der Waals surface area contributed by atoms with Crippen LogP contribution >= 0.6 is 11.6 Å². The second-order valence-electron chi connectivity index (χ2n) is 3.58. The van der Waals surface area contributed by atoms with Crippen LogP contribution < -0.4 is 9.47 Å². The Morgan fingerprint density at radius 3 is 2.68 bits per heavy atom. The lowest BCUT2D eigenvalue weighted by atomic mass is 10.2. The third-order valence-electron chi connectivity index (χ3n) is 2.32. The Bertz CT molecular complexity index is 632. The Labute approximate surface area is 114 Å². The average Bonchev–Trinajstić information content (AvgIpc) is 2.42.